The summed E-state index contributed by atoms with van der Waals surface area (Å²) in [6.07, 6.45) is 0.601. The highest BCUT2D eigenvalue weighted by Gasteiger charge is 2.30. The SMILES string of the molecule is CCC(C(=O)N1CCOC(CN(C)CC(=O)O)C1)c1ccccc1. The van der Waals surface area contributed by atoms with Crippen molar-refractivity contribution in [1.29, 1.82) is 0 Å². The minimum Gasteiger partial charge on any atom is -0.480 e. The molecule has 1 amide bonds. The molecule has 2 atom stereocenters. The van der Waals surface area contributed by atoms with E-state index in [9.17, 15) is 9.59 Å². The lowest BCUT2D eigenvalue weighted by atomic mass is 9.94. The maximum atomic E-state index is 12.9. The van der Waals surface area contributed by atoms with Crippen molar-refractivity contribution in [2.75, 3.05) is 39.8 Å². The molecule has 0 bridgehead atoms. The van der Waals surface area contributed by atoms with Crippen molar-refractivity contribution in [3.8, 4) is 0 Å². The van der Waals surface area contributed by atoms with Gasteiger partial charge in [-0.15, -0.1) is 0 Å². The lowest BCUT2D eigenvalue weighted by Gasteiger charge is -2.36. The lowest BCUT2D eigenvalue weighted by Crippen LogP contribution is -2.50. The predicted molar refractivity (Wildman–Crippen MR) is 90.9 cm³/mol. The molecule has 1 aromatic carbocycles. The maximum Gasteiger partial charge on any atom is 0.317 e. The van der Waals surface area contributed by atoms with Crippen LogP contribution in [0.3, 0.4) is 0 Å². The molecular weight excluding hydrogens is 308 g/mol. The fraction of sp³-hybridized carbons (Fsp3) is 0.556. The van der Waals surface area contributed by atoms with Crippen molar-refractivity contribution in [2.45, 2.75) is 25.4 Å². The van der Waals surface area contributed by atoms with E-state index >= 15 is 0 Å². The van der Waals surface area contributed by atoms with E-state index in [0.29, 0.717) is 26.2 Å². The van der Waals surface area contributed by atoms with Crippen LogP contribution in [-0.2, 0) is 14.3 Å². The molecule has 1 heterocycles. The van der Waals surface area contributed by atoms with Crippen LogP contribution in [-0.4, -0.2) is 72.7 Å². The van der Waals surface area contributed by atoms with Gasteiger partial charge in [0, 0.05) is 19.6 Å². The number of morpholine rings is 1. The molecule has 0 aliphatic carbocycles. The van der Waals surface area contributed by atoms with E-state index in [0.717, 1.165) is 12.0 Å². The Hall–Kier alpha value is -1.92. The quantitative estimate of drug-likeness (QED) is 0.817. The number of aliphatic carboxylic acids is 1. The highest BCUT2D eigenvalue weighted by Crippen LogP contribution is 2.23. The third-order valence-corrected chi connectivity index (χ3v) is 4.28. The number of nitrogens with zero attached hydrogens (tertiary/aromatic N) is 2. The van der Waals surface area contributed by atoms with Gasteiger partial charge in [-0.3, -0.25) is 14.5 Å². The van der Waals surface area contributed by atoms with Crippen LogP contribution in [0, 0.1) is 0 Å². The van der Waals surface area contributed by atoms with E-state index in [1.807, 2.05) is 42.2 Å². The smallest absolute Gasteiger partial charge is 0.317 e. The zero-order valence-electron chi connectivity index (χ0n) is 14.4. The molecule has 1 fully saturated rings. The Morgan fingerprint density at radius 2 is 2.08 bits per heavy atom. The first-order valence-electron chi connectivity index (χ1n) is 8.37. The second-order valence-electron chi connectivity index (χ2n) is 6.24. The molecule has 0 spiro atoms. The number of carboxylic acid groups (broad SMARTS) is 1. The van der Waals surface area contributed by atoms with Crippen LogP contribution in [0.2, 0.25) is 0 Å². The van der Waals surface area contributed by atoms with Gasteiger partial charge in [-0.05, 0) is 19.0 Å². The number of ether oxygens (including phenoxy) is 1. The van der Waals surface area contributed by atoms with Gasteiger partial charge in [0.05, 0.1) is 25.2 Å². The van der Waals surface area contributed by atoms with Crippen LogP contribution >= 0.6 is 0 Å². The van der Waals surface area contributed by atoms with Gasteiger partial charge < -0.3 is 14.7 Å². The number of amides is 1. The summed E-state index contributed by atoms with van der Waals surface area (Å²) in [5.41, 5.74) is 1.04. The molecule has 1 aliphatic heterocycles. The lowest BCUT2D eigenvalue weighted by molar-refractivity contribution is -0.143. The molecule has 24 heavy (non-hydrogen) atoms. The Morgan fingerprint density at radius 3 is 2.71 bits per heavy atom. The molecule has 132 valence electrons. The van der Waals surface area contributed by atoms with Gasteiger partial charge in [-0.1, -0.05) is 37.3 Å². The van der Waals surface area contributed by atoms with E-state index < -0.39 is 5.97 Å². The minimum absolute atomic E-state index is 0.0323. The van der Waals surface area contributed by atoms with Crippen molar-refractivity contribution < 1.29 is 19.4 Å². The Bertz CT molecular complexity index is 549. The molecule has 1 aromatic rings. The summed E-state index contributed by atoms with van der Waals surface area (Å²) in [6, 6.07) is 9.83. The summed E-state index contributed by atoms with van der Waals surface area (Å²) in [4.78, 5) is 27.2. The van der Waals surface area contributed by atoms with Crippen molar-refractivity contribution in [3.05, 3.63) is 35.9 Å². The van der Waals surface area contributed by atoms with Gasteiger partial charge in [0.15, 0.2) is 0 Å². The standard InChI is InChI=1S/C18H26N2O4/c1-3-16(14-7-5-4-6-8-14)18(23)20-9-10-24-15(12-20)11-19(2)13-17(21)22/h4-8,15-16H,3,9-13H2,1-2H3,(H,21,22). The summed E-state index contributed by atoms with van der Waals surface area (Å²) in [5.74, 6) is -0.879. The molecule has 1 saturated heterocycles. The minimum atomic E-state index is -0.864. The summed E-state index contributed by atoms with van der Waals surface area (Å²) < 4.78 is 5.70. The maximum absolute atomic E-state index is 12.9. The second kappa shape index (κ2) is 8.80. The third kappa shape index (κ3) is 5.04. The van der Waals surface area contributed by atoms with E-state index in [1.165, 1.54) is 0 Å². The Balaban J connectivity index is 1.97. The van der Waals surface area contributed by atoms with E-state index in [2.05, 4.69) is 0 Å². The molecule has 2 unspecified atom stereocenters. The number of hydrogen-bond acceptors (Lipinski definition) is 4. The summed E-state index contributed by atoms with van der Waals surface area (Å²) in [5, 5.41) is 8.84. The third-order valence-electron chi connectivity index (χ3n) is 4.28. The number of hydrogen-bond donors (Lipinski definition) is 1. The Morgan fingerprint density at radius 1 is 1.38 bits per heavy atom. The Kier molecular flexibility index (Phi) is 6.75. The van der Waals surface area contributed by atoms with Gasteiger partial charge in [0.2, 0.25) is 5.91 Å². The molecule has 6 heteroatoms. The first-order valence-corrected chi connectivity index (χ1v) is 8.37. The zero-order chi connectivity index (χ0) is 17.5. The molecule has 6 nitrogen and oxygen atoms in total. The summed E-state index contributed by atoms with van der Waals surface area (Å²) >= 11 is 0. The van der Waals surface area contributed by atoms with E-state index in [4.69, 9.17) is 9.84 Å². The molecule has 0 saturated carbocycles. The van der Waals surface area contributed by atoms with Crippen molar-refractivity contribution in [1.82, 2.24) is 9.80 Å². The molecule has 1 N–H and O–H groups in total. The summed E-state index contributed by atoms with van der Waals surface area (Å²) in [7, 11) is 1.75. The average molecular weight is 334 g/mol. The van der Waals surface area contributed by atoms with Gasteiger partial charge in [-0.25, -0.2) is 0 Å². The van der Waals surface area contributed by atoms with Gasteiger partial charge in [0.1, 0.15) is 0 Å². The first kappa shape index (κ1) is 18.4. The van der Waals surface area contributed by atoms with Gasteiger partial charge in [-0.2, -0.15) is 0 Å². The topological polar surface area (TPSA) is 70.1 Å². The predicted octanol–water partition coefficient (Wildman–Crippen LogP) is 1.42. The molecule has 2 rings (SSSR count). The number of benzene rings is 1. The van der Waals surface area contributed by atoms with Gasteiger partial charge in [0.25, 0.3) is 0 Å². The molecular formula is C18H26N2O4. The number of carbonyl (C=O) groups is 2. The van der Waals surface area contributed by atoms with Crippen molar-refractivity contribution in [3.63, 3.8) is 0 Å². The average Bonchev–Trinajstić information content (AvgIpc) is 2.56. The zero-order valence-corrected chi connectivity index (χ0v) is 14.4. The molecule has 0 aromatic heterocycles. The first-order chi connectivity index (χ1) is 11.5. The van der Waals surface area contributed by atoms with Crippen LogP contribution in [0.25, 0.3) is 0 Å². The monoisotopic (exact) mass is 334 g/mol. The van der Waals surface area contributed by atoms with Crippen LogP contribution < -0.4 is 0 Å². The number of carbonyl (C=O) groups excluding carboxylic acids is 1. The van der Waals surface area contributed by atoms with E-state index in [-0.39, 0.29) is 24.5 Å². The fourth-order valence-corrected chi connectivity index (χ4v) is 3.13. The highest BCUT2D eigenvalue weighted by atomic mass is 16.5. The number of carboxylic acids is 1. The Labute approximate surface area is 143 Å². The van der Waals surface area contributed by atoms with Gasteiger partial charge >= 0.3 is 5.97 Å². The van der Waals surface area contributed by atoms with Crippen LogP contribution in [0.1, 0.15) is 24.8 Å². The summed E-state index contributed by atoms with van der Waals surface area (Å²) in [6.45, 7) is 4.07. The fourth-order valence-electron chi connectivity index (χ4n) is 3.13. The molecule has 0 radical (unpaired) electrons. The van der Waals surface area contributed by atoms with Crippen molar-refractivity contribution >= 4 is 11.9 Å². The van der Waals surface area contributed by atoms with Crippen molar-refractivity contribution in [2.24, 2.45) is 0 Å². The molecule has 1 aliphatic rings. The van der Waals surface area contributed by atoms with Crippen LogP contribution in [0.5, 0.6) is 0 Å². The highest BCUT2D eigenvalue weighted by molar-refractivity contribution is 5.83. The van der Waals surface area contributed by atoms with Crippen LogP contribution in [0.4, 0.5) is 0 Å². The second-order valence-corrected chi connectivity index (χ2v) is 6.24. The number of rotatable bonds is 7. The normalized spacial score (nSPS) is 19.3. The largest absolute Gasteiger partial charge is 0.480 e. The number of likely N-dealkylation sites (N-methyl/N-ethyl adjacent to an activating group) is 1. The van der Waals surface area contributed by atoms with Crippen LogP contribution in [0.15, 0.2) is 30.3 Å². The van der Waals surface area contributed by atoms with E-state index in [1.54, 1.807) is 11.9 Å².